The number of aromatic nitrogens is 2. The first-order valence-corrected chi connectivity index (χ1v) is 11.2. The van der Waals surface area contributed by atoms with Gasteiger partial charge in [-0.3, -0.25) is 9.80 Å². The fourth-order valence-corrected chi connectivity index (χ4v) is 6.28. The van der Waals surface area contributed by atoms with Gasteiger partial charge in [-0.05, 0) is 56.0 Å². The summed E-state index contributed by atoms with van der Waals surface area (Å²) in [6.45, 7) is 8.20. The fourth-order valence-electron chi connectivity index (χ4n) is 6.28. The smallest absolute Gasteiger partial charge is 0.231 e. The van der Waals surface area contributed by atoms with E-state index >= 15 is 0 Å². The second-order valence-corrected chi connectivity index (χ2v) is 9.04. The quantitative estimate of drug-likeness (QED) is 0.780. The average Bonchev–Trinajstić information content (AvgIpc) is 3.49. The molecule has 6 nitrogen and oxygen atoms in total. The Morgan fingerprint density at radius 1 is 1.10 bits per heavy atom. The molecule has 5 aliphatic heterocycles. The van der Waals surface area contributed by atoms with Gasteiger partial charge in [-0.2, -0.15) is 0 Å². The molecular weight excluding hydrogens is 364 g/mol. The molecule has 2 bridgehead atoms. The van der Waals surface area contributed by atoms with Crippen molar-refractivity contribution < 1.29 is 9.47 Å². The van der Waals surface area contributed by atoms with Crippen molar-refractivity contribution in [2.45, 2.75) is 57.3 Å². The first kappa shape index (κ1) is 17.8. The lowest BCUT2D eigenvalue weighted by atomic mass is 9.75. The number of rotatable bonds is 5. The first-order chi connectivity index (χ1) is 14.3. The molecule has 0 aliphatic carbocycles. The van der Waals surface area contributed by atoms with Crippen LogP contribution in [0.5, 0.6) is 11.5 Å². The highest BCUT2D eigenvalue weighted by molar-refractivity contribution is 5.46. The van der Waals surface area contributed by atoms with Crippen LogP contribution in [0.15, 0.2) is 30.6 Å². The number of nitrogens with zero attached hydrogens (tertiary/aromatic N) is 4. The Labute approximate surface area is 172 Å². The summed E-state index contributed by atoms with van der Waals surface area (Å²) >= 11 is 0. The van der Waals surface area contributed by atoms with Gasteiger partial charge in [0, 0.05) is 43.5 Å². The van der Waals surface area contributed by atoms with Crippen LogP contribution in [0.1, 0.15) is 43.5 Å². The third-order valence-corrected chi connectivity index (χ3v) is 7.53. The molecule has 3 atom stereocenters. The van der Waals surface area contributed by atoms with E-state index in [0.29, 0.717) is 24.8 Å². The van der Waals surface area contributed by atoms with Crippen molar-refractivity contribution in [1.29, 1.82) is 0 Å². The van der Waals surface area contributed by atoms with E-state index in [2.05, 4.69) is 45.7 Å². The number of likely N-dealkylation sites (tertiary alicyclic amines) is 1. The van der Waals surface area contributed by atoms with Gasteiger partial charge in [-0.25, -0.2) is 4.98 Å². The van der Waals surface area contributed by atoms with E-state index in [-0.39, 0.29) is 0 Å². The molecule has 0 radical (unpaired) electrons. The van der Waals surface area contributed by atoms with E-state index in [1.165, 1.54) is 37.3 Å². The minimum Gasteiger partial charge on any atom is -0.454 e. The van der Waals surface area contributed by atoms with Crippen LogP contribution in [0, 0.1) is 5.92 Å². The standard InChI is InChI=1S/C23H30N4O2/c1-2-8-25-11-7-24-21(25)14-27-13-18(17-3-4-19-20(12-17)29-15-28-19)23-22(27)16-5-9-26(23)10-6-16/h3-4,7,11-12,16,18,22-23H,2,5-6,8-10,13-15H2,1H3/t18-,22+,23+/m0/s1. The topological polar surface area (TPSA) is 42.8 Å². The van der Waals surface area contributed by atoms with Crippen LogP contribution in [0.4, 0.5) is 0 Å². The maximum atomic E-state index is 5.69. The van der Waals surface area contributed by atoms with Crippen LogP contribution in [-0.4, -0.2) is 57.9 Å². The summed E-state index contributed by atoms with van der Waals surface area (Å²) in [5.74, 6) is 4.35. The van der Waals surface area contributed by atoms with Crippen LogP contribution in [0.25, 0.3) is 0 Å². The summed E-state index contributed by atoms with van der Waals surface area (Å²) in [5.41, 5.74) is 1.40. The van der Waals surface area contributed by atoms with Crippen molar-refractivity contribution in [3.63, 3.8) is 0 Å². The van der Waals surface area contributed by atoms with Crippen molar-refractivity contribution in [3.05, 3.63) is 42.0 Å². The Morgan fingerprint density at radius 3 is 2.83 bits per heavy atom. The molecule has 6 heterocycles. The molecule has 29 heavy (non-hydrogen) atoms. The van der Waals surface area contributed by atoms with E-state index in [0.717, 1.165) is 43.5 Å². The fraction of sp³-hybridized carbons (Fsp3) is 0.609. The van der Waals surface area contributed by atoms with Crippen molar-refractivity contribution in [2.75, 3.05) is 26.4 Å². The molecule has 0 spiro atoms. The number of hydrogen-bond acceptors (Lipinski definition) is 5. The summed E-state index contributed by atoms with van der Waals surface area (Å²) in [4.78, 5) is 10.2. The van der Waals surface area contributed by atoms with Crippen molar-refractivity contribution in [2.24, 2.45) is 5.92 Å². The van der Waals surface area contributed by atoms with Gasteiger partial charge >= 0.3 is 0 Å². The highest BCUT2D eigenvalue weighted by Crippen LogP contribution is 2.48. The Morgan fingerprint density at radius 2 is 1.97 bits per heavy atom. The van der Waals surface area contributed by atoms with Crippen LogP contribution < -0.4 is 9.47 Å². The molecule has 0 N–H and O–H groups in total. The summed E-state index contributed by atoms with van der Waals surface area (Å²) in [6, 6.07) is 7.84. The molecule has 0 saturated carbocycles. The molecule has 0 unspecified atom stereocenters. The molecule has 0 amide bonds. The van der Waals surface area contributed by atoms with Gasteiger partial charge in [0.2, 0.25) is 6.79 Å². The zero-order chi connectivity index (χ0) is 19.4. The maximum Gasteiger partial charge on any atom is 0.231 e. The van der Waals surface area contributed by atoms with Crippen LogP contribution in [0.3, 0.4) is 0 Å². The van der Waals surface area contributed by atoms with Gasteiger partial charge in [0.15, 0.2) is 11.5 Å². The van der Waals surface area contributed by atoms with Crippen LogP contribution >= 0.6 is 0 Å². The van der Waals surface area contributed by atoms with Crippen molar-refractivity contribution >= 4 is 0 Å². The third-order valence-electron chi connectivity index (χ3n) is 7.53. The van der Waals surface area contributed by atoms with Gasteiger partial charge in [-0.15, -0.1) is 0 Å². The second kappa shape index (κ2) is 7.03. The van der Waals surface area contributed by atoms with E-state index in [1.807, 2.05) is 6.20 Å². The SMILES string of the molecule is CCCn1ccnc1CN1C[C@@H](c2ccc3c(c2)OCO3)[C@@H]2[C@H]1C1CCN2CC1. The zero-order valence-electron chi connectivity index (χ0n) is 17.2. The molecule has 5 aliphatic rings. The molecule has 2 aromatic rings. The van der Waals surface area contributed by atoms with Gasteiger partial charge in [0.1, 0.15) is 5.82 Å². The predicted octanol–water partition coefficient (Wildman–Crippen LogP) is 3.08. The normalized spacial score (nSPS) is 32.7. The number of benzene rings is 1. The maximum absolute atomic E-state index is 5.69. The summed E-state index contributed by atoms with van der Waals surface area (Å²) in [6.07, 6.45) is 7.93. The Hall–Kier alpha value is -2.05. The minimum absolute atomic E-state index is 0.343. The molecule has 4 saturated heterocycles. The van der Waals surface area contributed by atoms with Gasteiger partial charge in [0.05, 0.1) is 6.54 Å². The summed E-state index contributed by atoms with van der Waals surface area (Å²) < 4.78 is 13.6. The second-order valence-electron chi connectivity index (χ2n) is 9.04. The Kier molecular flexibility index (Phi) is 4.31. The van der Waals surface area contributed by atoms with Crippen molar-refractivity contribution in [1.82, 2.24) is 19.4 Å². The third kappa shape index (κ3) is 2.88. The van der Waals surface area contributed by atoms with E-state index in [4.69, 9.17) is 14.5 Å². The Bertz CT molecular complexity index is 889. The van der Waals surface area contributed by atoms with E-state index in [1.54, 1.807) is 0 Å². The number of hydrogen-bond donors (Lipinski definition) is 0. The molecule has 154 valence electrons. The molecule has 1 aromatic heterocycles. The first-order valence-electron chi connectivity index (χ1n) is 11.2. The molecule has 4 fully saturated rings. The highest BCUT2D eigenvalue weighted by Gasteiger charge is 2.53. The van der Waals surface area contributed by atoms with Gasteiger partial charge in [-0.1, -0.05) is 13.0 Å². The van der Waals surface area contributed by atoms with Gasteiger partial charge < -0.3 is 14.0 Å². The van der Waals surface area contributed by atoms with E-state index < -0.39 is 0 Å². The molecule has 6 heteroatoms. The molecular formula is C23H30N4O2. The predicted molar refractivity (Wildman–Crippen MR) is 110 cm³/mol. The lowest BCUT2D eigenvalue weighted by Gasteiger charge is -2.51. The number of aryl methyl sites for hydroxylation is 1. The lowest BCUT2D eigenvalue weighted by molar-refractivity contribution is -0.00953. The van der Waals surface area contributed by atoms with Crippen LogP contribution in [0.2, 0.25) is 0 Å². The van der Waals surface area contributed by atoms with E-state index in [9.17, 15) is 0 Å². The largest absolute Gasteiger partial charge is 0.454 e. The Balaban J connectivity index is 1.32. The molecule has 1 aromatic carbocycles. The molecule has 7 rings (SSSR count). The number of fused-ring (bicyclic) bond motifs is 3. The summed E-state index contributed by atoms with van der Waals surface area (Å²) in [5, 5.41) is 0. The van der Waals surface area contributed by atoms with Crippen LogP contribution in [-0.2, 0) is 13.1 Å². The highest BCUT2D eigenvalue weighted by atomic mass is 16.7. The lowest BCUT2D eigenvalue weighted by Crippen LogP contribution is -2.60. The van der Waals surface area contributed by atoms with Gasteiger partial charge in [0.25, 0.3) is 0 Å². The number of piperidine rings is 3. The number of imidazole rings is 1. The average molecular weight is 395 g/mol. The zero-order valence-corrected chi connectivity index (χ0v) is 17.2. The van der Waals surface area contributed by atoms with Crippen molar-refractivity contribution in [3.8, 4) is 11.5 Å². The monoisotopic (exact) mass is 394 g/mol. The summed E-state index contributed by atoms with van der Waals surface area (Å²) in [7, 11) is 0. The number of ether oxygens (including phenoxy) is 2. The minimum atomic E-state index is 0.343.